The van der Waals surface area contributed by atoms with E-state index in [0.29, 0.717) is 5.82 Å². The van der Waals surface area contributed by atoms with Crippen molar-refractivity contribution in [2.75, 3.05) is 6.61 Å². The largest absolute Gasteiger partial charge is 0.462 e. The molecule has 13 heteroatoms. The second-order valence-corrected chi connectivity index (χ2v) is 11.3. The number of hydrogen-bond donors (Lipinski definition) is 4. The number of amidine groups is 1. The Hall–Kier alpha value is -2.34. The van der Waals surface area contributed by atoms with Crippen molar-refractivity contribution < 1.29 is 33.4 Å². The summed E-state index contributed by atoms with van der Waals surface area (Å²) in [7, 11) is -4.11. The molecule has 192 valence electrons. The van der Waals surface area contributed by atoms with Gasteiger partial charge in [-0.2, -0.15) is 5.09 Å². The molecule has 3 rings (SSSR count). The van der Waals surface area contributed by atoms with Crippen LogP contribution in [0.4, 0.5) is 0 Å². The lowest BCUT2D eigenvalue weighted by Crippen LogP contribution is -2.41. The maximum absolute atomic E-state index is 13.6. The van der Waals surface area contributed by atoms with Crippen LogP contribution < -0.4 is 15.3 Å². The second-order valence-electron chi connectivity index (χ2n) is 8.26. The van der Waals surface area contributed by atoms with Gasteiger partial charge < -0.3 is 30.1 Å². The standard InChI is InChI=1S/C22H31N4O7PS/c1-13(2)32-22(29)14(3)25-34(30,33-16-8-6-5-7-9-16)31-12-17-19(27)20(28)21(35-17)26-11-10-18(23)24-15(26)4/h5-11,13-14,17,19-21,27-28H,4,12H2,1-3H3,(H2,23,24)(H,25,30)/t14-,17-,19-,20+,21-,34?/m1/s1. The summed E-state index contributed by atoms with van der Waals surface area (Å²) in [6.07, 6.45) is 0.439. The highest BCUT2D eigenvalue weighted by Crippen LogP contribution is 2.47. The van der Waals surface area contributed by atoms with Crippen LogP contribution in [0.15, 0.2) is 60.0 Å². The zero-order valence-electron chi connectivity index (χ0n) is 19.7. The van der Waals surface area contributed by atoms with Gasteiger partial charge in [-0.15, -0.1) is 11.8 Å². The van der Waals surface area contributed by atoms with Gasteiger partial charge in [-0.1, -0.05) is 24.8 Å². The van der Waals surface area contributed by atoms with Crippen molar-refractivity contribution in [2.45, 2.75) is 55.7 Å². The van der Waals surface area contributed by atoms with Crippen molar-refractivity contribution in [3.63, 3.8) is 0 Å². The van der Waals surface area contributed by atoms with Crippen LogP contribution in [-0.4, -0.2) is 68.5 Å². The average molecular weight is 527 g/mol. The van der Waals surface area contributed by atoms with Gasteiger partial charge in [0, 0.05) is 6.20 Å². The molecule has 0 aliphatic carbocycles. The van der Waals surface area contributed by atoms with Crippen LogP contribution in [0.25, 0.3) is 0 Å². The monoisotopic (exact) mass is 526 g/mol. The van der Waals surface area contributed by atoms with Gasteiger partial charge in [0.25, 0.3) is 0 Å². The highest BCUT2D eigenvalue weighted by molar-refractivity contribution is 8.00. The number of esters is 1. The van der Waals surface area contributed by atoms with Crippen LogP contribution in [0.5, 0.6) is 5.75 Å². The summed E-state index contributed by atoms with van der Waals surface area (Å²) in [4.78, 5) is 17.9. The molecule has 0 aromatic heterocycles. The minimum atomic E-state index is -4.11. The van der Waals surface area contributed by atoms with Crippen molar-refractivity contribution in [2.24, 2.45) is 10.7 Å². The Kier molecular flexibility index (Phi) is 9.03. The Morgan fingerprint density at radius 1 is 1.29 bits per heavy atom. The summed E-state index contributed by atoms with van der Waals surface area (Å²) in [5, 5.41) is 22.6. The first-order valence-electron chi connectivity index (χ1n) is 11.0. The smallest absolute Gasteiger partial charge is 0.459 e. The summed E-state index contributed by atoms with van der Waals surface area (Å²) < 4.78 is 30.1. The molecule has 1 aromatic carbocycles. The molecular formula is C22H31N4O7PS. The molecule has 1 fully saturated rings. The maximum Gasteiger partial charge on any atom is 0.459 e. The fourth-order valence-corrected chi connectivity index (χ4v) is 6.41. The average Bonchev–Trinajstić information content (AvgIpc) is 3.06. The highest BCUT2D eigenvalue weighted by atomic mass is 32.2. The molecule has 35 heavy (non-hydrogen) atoms. The van der Waals surface area contributed by atoms with Crippen molar-refractivity contribution in [3.8, 4) is 5.75 Å². The number of nitrogens with zero attached hydrogens (tertiary/aromatic N) is 2. The number of aliphatic hydroxyl groups is 2. The van der Waals surface area contributed by atoms with E-state index in [0.717, 1.165) is 0 Å². The Bertz CT molecular complexity index is 1020. The van der Waals surface area contributed by atoms with Crippen molar-refractivity contribution in [3.05, 3.63) is 55.0 Å². The highest BCUT2D eigenvalue weighted by Gasteiger charge is 2.46. The van der Waals surface area contributed by atoms with Gasteiger partial charge in [0.15, 0.2) is 0 Å². The van der Waals surface area contributed by atoms with E-state index in [2.05, 4.69) is 16.7 Å². The van der Waals surface area contributed by atoms with Crippen LogP contribution in [0.1, 0.15) is 20.8 Å². The Morgan fingerprint density at radius 3 is 2.60 bits per heavy atom. The summed E-state index contributed by atoms with van der Waals surface area (Å²) >= 11 is 1.20. The van der Waals surface area contributed by atoms with E-state index in [4.69, 9.17) is 19.5 Å². The molecule has 2 aliphatic heterocycles. The number of ether oxygens (including phenoxy) is 1. The molecule has 2 heterocycles. The number of aliphatic hydroxyl groups excluding tert-OH is 2. The van der Waals surface area contributed by atoms with Crippen LogP contribution >= 0.6 is 19.5 Å². The summed E-state index contributed by atoms with van der Waals surface area (Å²) in [6, 6.07) is 7.34. The maximum atomic E-state index is 13.6. The van der Waals surface area contributed by atoms with E-state index in [-0.39, 0.29) is 24.3 Å². The molecule has 0 amide bonds. The van der Waals surface area contributed by atoms with Crippen LogP contribution in [-0.2, 0) is 18.6 Å². The number of hydrogen-bond acceptors (Lipinski definition) is 11. The fourth-order valence-electron chi connectivity index (χ4n) is 3.32. The molecule has 0 bridgehead atoms. The first-order valence-corrected chi connectivity index (χ1v) is 13.5. The van der Waals surface area contributed by atoms with Gasteiger partial charge in [-0.25, -0.2) is 9.56 Å². The number of carbonyl (C=O) groups excluding carboxylic acids is 1. The number of nitrogens with one attached hydrogen (secondary N) is 1. The molecule has 2 aliphatic rings. The van der Waals surface area contributed by atoms with Gasteiger partial charge in [0.2, 0.25) is 0 Å². The summed E-state index contributed by atoms with van der Waals surface area (Å²) in [5.74, 6) is 0.226. The van der Waals surface area contributed by atoms with E-state index in [9.17, 15) is 19.6 Å². The predicted octanol–water partition coefficient (Wildman–Crippen LogP) is 1.94. The molecule has 0 saturated carbocycles. The molecule has 11 nitrogen and oxygen atoms in total. The third-order valence-electron chi connectivity index (χ3n) is 5.01. The summed E-state index contributed by atoms with van der Waals surface area (Å²) in [5.41, 5.74) is 5.67. The van der Waals surface area contributed by atoms with Gasteiger partial charge in [-0.3, -0.25) is 9.32 Å². The van der Waals surface area contributed by atoms with Crippen molar-refractivity contribution in [1.82, 2.24) is 9.99 Å². The fraction of sp³-hybridized carbons (Fsp3) is 0.455. The zero-order valence-corrected chi connectivity index (χ0v) is 21.4. The number of rotatable bonds is 10. The number of nitrogens with two attached hydrogens (primary N) is 1. The van der Waals surface area contributed by atoms with E-state index in [1.807, 2.05) is 0 Å². The molecule has 0 spiro atoms. The molecule has 1 saturated heterocycles. The van der Waals surface area contributed by atoms with Gasteiger partial charge in [-0.05, 0) is 39.0 Å². The zero-order chi connectivity index (χ0) is 25.8. The second kappa shape index (κ2) is 11.6. The van der Waals surface area contributed by atoms with E-state index in [1.165, 1.54) is 18.7 Å². The topological polar surface area (TPSA) is 156 Å². The third-order valence-corrected chi connectivity index (χ3v) is 8.20. The Balaban J connectivity index is 1.71. The van der Waals surface area contributed by atoms with E-state index >= 15 is 0 Å². The quantitative estimate of drug-likeness (QED) is 0.261. The van der Waals surface area contributed by atoms with E-state index < -0.39 is 42.6 Å². The van der Waals surface area contributed by atoms with Crippen LogP contribution in [0.3, 0.4) is 0 Å². The SMILES string of the molecule is C=C1N=C(N)C=CN1[C@@H]1S[C@H](COP(=O)(N[C@H](C)C(=O)OC(C)C)Oc2ccccc2)[C@@H](O)[C@@H]1O. The number of para-hydroxylation sites is 1. The first kappa shape index (κ1) is 27.3. The van der Waals surface area contributed by atoms with Crippen LogP contribution in [0, 0.1) is 0 Å². The van der Waals surface area contributed by atoms with Gasteiger partial charge in [0.1, 0.15) is 34.9 Å². The molecular weight excluding hydrogens is 495 g/mol. The number of benzene rings is 1. The lowest BCUT2D eigenvalue weighted by Gasteiger charge is -2.30. The third kappa shape index (κ3) is 7.09. The lowest BCUT2D eigenvalue weighted by molar-refractivity contribution is -0.149. The van der Waals surface area contributed by atoms with E-state index in [1.54, 1.807) is 61.4 Å². The molecule has 5 N–H and O–H groups in total. The van der Waals surface area contributed by atoms with Crippen molar-refractivity contribution >= 4 is 31.3 Å². The number of carbonyl (C=O) groups is 1. The van der Waals surface area contributed by atoms with Crippen molar-refractivity contribution in [1.29, 1.82) is 0 Å². The number of aliphatic imine (C=N–C) groups is 1. The van der Waals surface area contributed by atoms with Crippen LogP contribution in [0.2, 0.25) is 0 Å². The minimum Gasteiger partial charge on any atom is -0.462 e. The predicted molar refractivity (Wildman–Crippen MR) is 133 cm³/mol. The number of thioether (sulfide) groups is 1. The molecule has 1 aromatic rings. The normalized spacial score (nSPS) is 26.9. The Morgan fingerprint density at radius 2 is 1.97 bits per heavy atom. The Labute approximate surface area is 208 Å². The lowest BCUT2D eigenvalue weighted by atomic mass is 10.1. The van der Waals surface area contributed by atoms with Gasteiger partial charge >= 0.3 is 13.7 Å². The summed E-state index contributed by atoms with van der Waals surface area (Å²) in [6.45, 7) is 8.46. The molecule has 0 radical (unpaired) electrons. The molecule has 6 atom stereocenters. The molecule has 1 unspecified atom stereocenters. The minimum absolute atomic E-state index is 0.252. The first-order chi connectivity index (χ1) is 16.5. The van der Waals surface area contributed by atoms with Gasteiger partial charge in [0.05, 0.1) is 24.1 Å².